The molecule has 0 saturated carbocycles. The first-order chi connectivity index (χ1) is 13.5. The highest BCUT2D eigenvalue weighted by atomic mass is 79.9. The second kappa shape index (κ2) is 9.27. The second-order valence-corrected chi connectivity index (χ2v) is 7.71. The molecule has 2 aromatic rings. The maximum Gasteiger partial charge on any atom is 0.266 e. The normalized spacial score (nSPS) is 17.0. The van der Waals surface area contributed by atoms with Crippen LogP contribution in [0.1, 0.15) is 5.56 Å². The summed E-state index contributed by atoms with van der Waals surface area (Å²) in [7, 11) is 3.07. The van der Waals surface area contributed by atoms with Gasteiger partial charge in [-0.2, -0.15) is 0 Å². The van der Waals surface area contributed by atoms with Crippen molar-refractivity contribution in [3.63, 3.8) is 0 Å². The number of rotatable bonds is 6. The Bertz CT molecular complexity index is 931. The molecular weight excluding hydrogens is 444 g/mol. The molecule has 3 rings (SSSR count). The molecule has 0 radical (unpaired) electrons. The zero-order valence-corrected chi connectivity index (χ0v) is 17.8. The van der Waals surface area contributed by atoms with Gasteiger partial charge < -0.3 is 14.6 Å². The molecule has 2 aromatic carbocycles. The second-order valence-electron chi connectivity index (χ2n) is 5.84. The molecular formula is C20H19BrN2O4S. The molecule has 0 aromatic heterocycles. The van der Waals surface area contributed by atoms with E-state index in [2.05, 4.69) is 20.9 Å². The minimum Gasteiger partial charge on any atom is -0.503 e. The third-order valence-electron chi connectivity index (χ3n) is 3.96. The summed E-state index contributed by atoms with van der Waals surface area (Å²) in [6, 6.07) is 12.9. The van der Waals surface area contributed by atoms with Crippen molar-refractivity contribution in [1.29, 1.82) is 0 Å². The molecule has 8 heteroatoms. The maximum absolute atomic E-state index is 12.9. The Morgan fingerprint density at radius 3 is 2.68 bits per heavy atom. The monoisotopic (exact) mass is 462 g/mol. The number of nitrogens with zero attached hydrogens (tertiary/aromatic N) is 2. The van der Waals surface area contributed by atoms with Crippen molar-refractivity contribution >= 4 is 50.5 Å². The molecule has 1 N–H and O–H groups in total. The summed E-state index contributed by atoms with van der Waals surface area (Å²) >= 11 is 4.61. The summed E-state index contributed by atoms with van der Waals surface area (Å²) in [6.45, 7) is 0.819. The highest BCUT2D eigenvalue weighted by molar-refractivity contribution is 9.10. The van der Waals surface area contributed by atoms with Crippen LogP contribution in [0.15, 0.2) is 56.8 Å². The molecule has 0 spiro atoms. The predicted octanol–water partition coefficient (Wildman–Crippen LogP) is 4.41. The SMILES string of the molecule is COCCN1C(=O)C(=Cc2cc(Br)c(O)c(OC)c2)SC1=Nc1ccccc1. The van der Waals surface area contributed by atoms with Crippen LogP contribution in [0.4, 0.5) is 5.69 Å². The lowest BCUT2D eigenvalue weighted by molar-refractivity contribution is -0.122. The van der Waals surface area contributed by atoms with Gasteiger partial charge in [-0.05, 0) is 63.6 Å². The number of para-hydroxylation sites is 1. The number of carbonyl (C=O) groups excluding carboxylic acids is 1. The Morgan fingerprint density at radius 1 is 1.25 bits per heavy atom. The van der Waals surface area contributed by atoms with Gasteiger partial charge in [0.25, 0.3) is 5.91 Å². The van der Waals surface area contributed by atoms with Crippen LogP contribution in [-0.4, -0.2) is 48.5 Å². The first-order valence-corrected chi connectivity index (χ1v) is 10.0. The number of halogens is 1. The van der Waals surface area contributed by atoms with Crippen molar-refractivity contribution < 1.29 is 19.4 Å². The number of aliphatic imine (C=N–C) groups is 1. The number of phenolic OH excluding ortho intramolecular Hbond substituents is 1. The van der Waals surface area contributed by atoms with Crippen LogP contribution >= 0.6 is 27.7 Å². The van der Waals surface area contributed by atoms with Gasteiger partial charge in [0.15, 0.2) is 16.7 Å². The summed E-state index contributed by atoms with van der Waals surface area (Å²) in [5, 5.41) is 10.6. The van der Waals surface area contributed by atoms with E-state index < -0.39 is 0 Å². The van der Waals surface area contributed by atoms with Crippen molar-refractivity contribution in [3.8, 4) is 11.5 Å². The van der Waals surface area contributed by atoms with E-state index in [4.69, 9.17) is 9.47 Å². The van der Waals surface area contributed by atoms with Gasteiger partial charge in [0.2, 0.25) is 0 Å². The average molecular weight is 463 g/mol. The minimum absolute atomic E-state index is 0.0168. The number of hydrogen-bond donors (Lipinski definition) is 1. The minimum atomic E-state index is -0.139. The zero-order chi connectivity index (χ0) is 20.1. The number of phenols is 1. The van der Waals surface area contributed by atoms with Crippen LogP contribution in [0.3, 0.4) is 0 Å². The van der Waals surface area contributed by atoms with Gasteiger partial charge in [0.05, 0.1) is 35.3 Å². The Balaban J connectivity index is 1.96. The molecule has 0 aliphatic carbocycles. The number of ether oxygens (including phenoxy) is 2. The van der Waals surface area contributed by atoms with Crippen molar-refractivity contribution in [1.82, 2.24) is 4.90 Å². The summed E-state index contributed by atoms with van der Waals surface area (Å²) in [5.41, 5.74) is 1.50. The summed E-state index contributed by atoms with van der Waals surface area (Å²) < 4.78 is 10.8. The molecule has 0 bridgehead atoms. The van der Waals surface area contributed by atoms with Crippen LogP contribution < -0.4 is 4.74 Å². The van der Waals surface area contributed by atoms with E-state index in [1.807, 2.05) is 30.3 Å². The Hall–Kier alpha value is -2.29. The van der Waals surface area contributed by atoms with Gasteiger partial charge in [-0.15, -0.1) is 0 Å². The Labute approximate surface area is 176 Å². The molecule has 1 fully saturated rings. The van der Waals surface area contributed by atoms with Gasteiger partial charge >= 0.3 is 0 Å². The quantitative estimate of drug-likeness (QED) is 0.643. The van der Waals surface area contributed by atoms with Crippen molar-refractivity contribution in [3.05, 3.63) is 57.4 Å². The van der Waals surface area contributed by atoms with Crippen LogP contribution in [0.25, 0.3) is 6.08 Å². The lowest BCUT2D eigenvalue weighted by atomic mass is 10.2. The molecule has 146 valence electrons. The molecule has 1 aliphatic rings. The van der Waals surface area contributed by atoms with Crippen LogP contribution in [0.2, 0.25) is 0 Å². The summed E-state index contributed by atoms with van der Waals surface area (Å²) in [4.78, 5) is 19.7. The fourth-order valence-corrected chi connectivity index (χ4v) is 4.05. The Kier molecular flexibility index (Phi) is 6.77. The maximum atomic E-state index is 12.9. The van der Waals surface area contributed by atoms with E-state index in [0.717, 1.165) is 11.3 Å². The fraction of sp³-hybridized carbons (Fsp3) is 0.200. The van der Waals surface area contributed by atoms with Crippen LogP contribution in [0, 0.1) is 0 Å². The van der Waals surface area contributed by atoms with Gasteiger partial charge in [0.1, 0.15) is 0 Å². The van der Waals surface area contributed by atoms with Gasteiger partial charge in [-0.25, -0.2) is 4.99 Å². The number of hydrogen-bond acceptors (Lipinski definition) is 6. The first-order valence-electron chi connectivity index (χ1n) is 8.44. The predicted molar refractivity (Wildman–Crippen MR) is 115 cm³/mol. The van der Waals surface area contributed by atoms with E-state index in [9.17, 15) is 9.90 Å². The molecule has 1 heterocycles. The van der Waals surface area contributed by atoms with Gasteiger partial charge in [0, 0.05) is 7.11 Å². The third kappa shape index (κ3) is 4.57. The molecule has 6 nitrogen and oxygen atoms in total. The highest BCUT2D eigenvalue weighted by Gasteiger charge is 2.33. The zero-order valence-electron chi connectivity index (χ0n) is 15.4. The standard InChI is InChI=1S/C20H19BrN2O4S/c1-26-9-8-23-19(25)17(28-20(23)22-14-6-4-3-5-7-14)12-13-10-15(21)18(24)16(11-13)27-2/h3-7,10-12,24H,8-9H2,1-2H3. The number of amidine groups is 1. The van der Waals surface area contributed by atoms with E-state index in [-0.39, 0.29) is 11.7 Å². The molecule has 1 aliphatic heterocycles. The molecule has 0 unspecified atom stereocenters. The smallest absolute Gasteiger partial charge is 0.266 e. The molecule has 1 saturated heterocycles. The number of thioether (sulfide) groups is 1. The topological polar surface area (TPSA) is 71.4 Å². The number of methoxy groups -OCH3 is 2. The number of carbonyl (C=O) groups is 1. The Morgan fingerprint density at radius 2 is 2.00 bits per heavy atom. The van der Waals surface area contributed by atoms with Crippen molar-refractivity contribution in [2.45, 2.75) is 0 Å². The van der Waals surface area contributed by atoms with Crippen LogP contribution in [-0.2, 0) is 9.53 Å². The van der Waals surface area contributed by atoms with E-state index >= 15 is 0 Å². The van der Waals surface area contributed by atoms with Gasteiger partial charge in [-0.1, -0.05) is 18.2 Å². The lowest BCUT2D eigenvalue weighted by Gasteiger charge is -2.14. The van der Waals surface area contributed by atoms with E-state index in [1.54, 1.807) is 30.2 Å². The fourth-order valence-electron chi connectivity index (χ4n) is 2.57. The van der Waals surface area contributed by atoms with E-state index in [1.165, 1.54) is 18.9 Å². The van der Waals surface area contributed by atoms with Crippen molar-refractivity contribution in [2.75, 3.05) is 27.4 Å². The summed E-state index contributed by atoms with van der Waals surface area (Å²) in [6.07, 6.45) is 1.76. The highest BCUT2D eigenvalue weighted by Crippen LogP contribution is 2.38. The molecule has 1 amide bonds. The largest absolute Gasteiger partial charge is 0.503 e. The third-order valence-corrected chi connectivity index (χ3v) is 5.57. The molecule has 0 atom stereocenters. The average Bonchev–Trinajstić information content (AvgIpc) is 2.98. The van der Waals surface area contributed by atoms with Crippen molar-refractivity contribution in [2.24, 2.45) is 4.99 Å². The van der Waals surface area contributed by atoms with Crippen LogP contribution in [0.5, 0.6) is 11.5 Å². The lowest BCUT2D eigenvalue weighted by Crippen LogP contribution is -2.32. The van der Waals surface area contributed by atoms with E-state index in [0.29, 0.717) is 33.4 Å². The number of aromatic hydroxyl groups is 1. The first kappa shape index (κ1) is 20.4. The number of amides is 1. The van der Waals surface area contributed by atoms with Gasteiger partial charge in [-0.3, -0.25) is 9.69 Å². The molecule has 28 heavy (non-hydrogen) atoms. The number of benzene rings is 2. The summed E-state index contributed by atoms with van der Waals surface area (Å²) in [5.74, 6) is 0.203.